The van der Waals surface area contributed by atoms with E-state index < -0.39 is 0 Å². The number of halogens is 1. The molecule has 2 aliphatic rings. The van der Waals surface area contributed by atoms with Crippen LogP contribution in [-0.4, -0.2) is 10.9 Å². The molecule has 0 radical (unpaired) electrons. The normalized spacial score (nSPS) is 19.6. The molecule has 3 heteroatoms. The first kappa shape index (κ1) is 15.9. The van der Waals surface area contributed by atoms with Crippen LogP contribution in [0.1, 0.15) is 24.5 Å². The molecule has 2 aromatic carbocycles. The first-order valence-electron chi connectivity index (χ1n) is 8.30. The molecule has 2 aromatic rings. The van der Waals surface area contributed by atoms with Gasteiger partial charge in [0.1, 0.15) is 5.75 Å². The van der Waals surface area contributed by atoms with Crippen molar-refractivity contribution in [2.45, 2.75) is 13.3 Å². The highest BCUT2D eigenvalue weighted by Gasteiger charge is 2.31. The van der Waals surface area contributed by atoms with E-state index in [1.807, 2.05) is 24.3 Å². The molecule has 25 heavy (non-hydrogen) atoms. The van der Waals surface area contributed by atoms with E-state index in [-0.39, 0.29) is 17.5 Å². The summed E-state index contributed by atoms with van der Waals surface area (Å²) < 4.78 is 0. The average molecular weight is 349 g/mol. The van der Waals surface area contributed by atoms with Crippen molar-refractivity contribution in [1.29, 1.82) is 0 Å². The standard InChI is InChI=1S/C22H17ClO2/c1-13-9-16(24)11-19-17(13)12-18(15-7-8-21(25)20(23)10-15)22(19)14-5-3-2-4-6-14/h2-8,10-13,25H,9H2,1H3. The van der Waals surface area contributed by atoms with Crippen LogP contribution >= 0.6 is 11.6 Å². The Hall–Kier alpha value is -2.58. The lowest BCUT2D eigenvalue weighted by Gasteiger charge is -2.21. The van der Waals surface area contributed by atoms with Crippen LogP contribution in [0.4, 0.5) is 0 Å². The van der Waals surface area contributed by atoms with E-state index in [1.54, 1.807) is 18.2 Å². The minimum atomic E-state index is 0.0677. The van der Waals surface area contributed by atoms with Gasteiger partial charge in [0.05, 0.1) is 5.02 Å². The molecule has 0 heterocycles. The smallest absolute Gasteiger partial charge is 0.156 e. The van der Waals surface area contributed by atoms with Crippen LogP contribution in [0.5, 0.6) is 5.75 Å². The number of aromatic hydroxyl groups is 1. The maximum atomic E-state index is 12.2. The summed E-state index contributed by atoms with van der Waals surface area (Å²) in [5.74, 6) is 0.424. The van der Waals surface area contributed by atoms with Crippen LogP contribution in [0.2, 0.25) is 5.02 Å². The highest BCUT2D eigenvalue weighted by Crippen LogP contribution is 2.48. The van der Waals surface area contributed by atoms with Gasteiger partial charge in [0.25, 0.3) is 0 Å². The molecule has 0 saturated carbocycles. The maximum Gasteiger partial charge on any atom is 0.156 e. The zero-order valence-corrected chi connectivity index (χ0v) is 14.5. The van der Waals surface area contributed by atoms with E-state index in [9.17, 15) is 9.90 Å². The first-order valence-corrected chi connectivity index (χ1v) is 8.68. The number of phenols is 1. The minimum absolute atomic E-state index is 0.0677. The SMILES string of the molecule is CC1CC(=O)C=C2C1=CC(c1ccc(O)c(Cl)c1)=C2c1ccccc1. The molecule has 1 unspecified atom stereocenters. The lowest BCUT2D eigenvalue weighted by molar-refractivity contribution is -0.115. The van der Waals surface area contributed by atoms with E-state index in [4.69, 9.17) is 11.6 Å². The first-order chi connectivity index (χ1) is 12.0. The number of hydrogen-bond donors (Lipinski definition) is 1. The molecule has 2 aliphatic carbocycles. The molecule has 0 amide bonds. The van der Waals surface area contributed by atoms with Crippen LogP contribution in [-0.2, 0) is 4.79 Å². The molecule has 1 N–H and O–H groups in total. The largest absolute Gasteiger partial charge is 0.506 e. The van der Waals surface area contributed by atoms with Crippen LogP contribution < -0.4 is 0 Å². The summed E-state index contributed by atoms with van der Waals surface area (Å²) in [6.07, 6.45) is 4.47. The Morgan fingerprint density at radius 3 is 2.52 bits per heavy atom. The van der Waals surface area contributed by atoms with E-state index >= 15 is 0 Å². The maximum absolute atomic E-state index is 12.2. The third-order valence-electron chi connectivity index (χ3n) is 4.81. The number of carbonyl (C=O) groups excluding carboxylic acids is 1. The fourth-order valence-corrected chi connectivity index (χ4v) is 3.79. The lowest BCUT2D eigenvalue weighted by atomic mass is 9.82. The van der Waals surface area contributed by atoms with Gasteiger partial charge in [-0.15, -0.1) is 0 Å². The van der Waals surface area contributed by atoms with Crippen LogP contribution in [0, 0.1) is 5.92 Å². The van der Waals surface area contributed by atoms with Gasteiger partial charge in [0, 0.05) is 6.42 Å². The van der Waals surface area contributed by atoms with Gasteiger partial charge in [0.15, 0.2) is 5.78 Å². The second-order valence-electron chi connectivity index (χ2n) is 6.55. The highest BCUT2D eigenvalue weighted by atomic mass is 35.5. The zero-order valence-electron chi connectivity index (χ0n) is 13.8. The topological polar surface area (TPSA) is 37.3 Å². The molecule has 4 rings (SSSR count). The molecule has 2 nitrogen and oxygen atoms in total. The van der Waals surface area contributed by atoms with Crippen molar-refractivity contribution in [3.05, 3.63) is 88.0 Å². The van der Waals surface area contributed by atoms with Gasteiger partial charge in [0.2, 0.25) is 0 Å². The molecular weight excluding hydrogens is 332 g/mol. The molecule has 0 saturated heterocycles. The molecule has 0 bridgehead atoms. The van der Waals surface area contributed by atoms with Crippen molar-refractivity contribution in [3.8, 4) is 5.75 Å². The third kappa shape index (κ3) is 2.73. The Bertz CT molecular complexity index is 965. The van der Waals surface area contributed by atoms with Gasteiger partial charge in [-0.1, -0.05) is 54.9 Å². The summed E-state index contributed by atoms with van der Waals surface area (Å²) in [6, 6.07) is 15.3. The summed E-state index contributed by atoms with van der Waals surface area (Å²) in [7, 11) is 0. The highest BCUT2D eigenvalue weighted by molar-refractivity contribution is 6.32. The number of ketones is 1. The molecule has 0 spiro atoms. The van der Waals surface area contributed by atoms with Gasteiger partial charge >= 0.3 is 0 Å². The Morgan fingerprint density at radius 1 is 1.04 bits per heavy atom. The van der Waals surface area contributed by atoms with Crippen LogP contribution in [0.25, 0.3) is 11.1 Å². The van der Waals surface area contributed by atoms with Crippen LogP contribution in [0.15, 0.2) is 71.8 Å². The number of hydrogen-bond acceptors (Lipinski definition) is 2. The molecule has 1 atom stereocenters. The fourth-order valence-electron chi connectivity index (χ4n) is 3.61. The summed E-state index contributed by atoms with van der Waals surface area (Å²) in [5.41, 5.74) is 6.30. The van der Waals surface area contributed by atoms with Crippen molar-refractivity contribution in [1.82, 2.24) is 0 Å². The van der Waals surface area contributed by atoms with E-state index in [0.717, 1.165) is 27.8 Å². The second kappa shape index (κ2) is 6.05. The Kier molecular flexibility index (Phi) is 3.85. The number of phenolic OH excluding ortho intramolecular Hbond substituents is 1. The second-order valence-corrected chi connectivity index (χ2v) is 6.96. The molecule has 0 aromatic heterocycles. The Morgan fingerprint density at radius 2 is 1.80 bits per heavy atom. The van der Waals surface area contributed by atoms with E-state index in [0.29, 0.717) is 11.4 Å². The van der Waals surface area contributed by atoms with Gasteiger partial charge in [-0.2, -0.15) is 0 Å². The Labute approximate surface area is 151 Å². The number of fused-ring (bicyclic) bond motifs is 1. The van der Waals surface area contributed by atoms with Crippen molar-refractivity contribution in [3.63, 3.8) is 0 Å². The Balaban J connectivity index is 1.98. The summed E-state index contributed by atoms with van der Waals surface area (Å²) >= 11 is 6.13. The quantitative estimate of drug-likeness (QED) is 0.785. The zero-order chi connectivity index (χ0) is 17.6. The monoisotopic (exact) mass is 348 g/mol. The predicted octanol–water partition coefficient (Wildman–Crippen LogP) is 5.43. The van der Waals surface area contributed by atoms with Crippen molar-refractivity contribution in [2.75, 3.05) is 0 Å². The van der Waals surface area contributed by atoms with Gasteiger partial charge in [-0.3, -0.25) is 4.79 Å². The lowest BCUT2D eigenvalue weighted by Crippen LogP contribution is -2.13. The number of benzene rings is 2. The van der Waals surface area contributed by atoms with E-state index in [1.165, 1.54) is 5.57 Å². The molecular formula is C22H17ClO2. The van der Waals surface area contributed by atoms with Gasteiger partial charge in [-0.05, 0) is 63.6 Å². The molecule has 0 fully saturated rings. The van der Waals surface area contributed by atoms with Crippen LogP contribution in [0.3, 0.4) is 0 Å². The van der Waals surface area contributed by atoms with E-state index in [2.05, 4.69) is 25.1 Å². The summed E-state index contributed by atoms with van der Waals surface area (Å²) in [4.78, 5) is 12.2. The molecule has 124 valence electrons. The van der Waals surface area contributed by atoms with Crippen molar-refractivity contribution >= 4 is 28.5 Å². The minimum Gasteiger partial charge on any atom is -0.506 e. The third-order valence-corrected chi connectivity index (χ3v) is 5.12. The summed E-state index contributed by atoms with van der Waals surface area (Å²) in [6.45, 7) is 2.09. The van der Waals surface area contributed by atoms with Crippen molar-refractivity contribution in [2.24, 2.45) is 5.92 Å². The fraction of sp³-hybridized carbons (Fsp3) is 0.136. The predicted molar refractivity (Wildman–Crippen MR) is 101 cm³/mol. The summed E-state index contributed by atoms with van der Waals surface area (Å²) in [5, 5.41) is 10.1. The molecule has 0 aliphatic heterocycles. The number of rotatable bonds is 2. The van der Waals surface area contributed by atoms with Crippen molar-refractivity contribution < 1.29 is 9.90 Å². The van der Waals surface area contributed by atoms with Gasteiger partial charge in [-0.25, -0.2) is 0 Å². The number of carbonyl (C=O) groups is 1. The van der Waals surface area contributed by atoms with Gasteiger partial charge < -0.3 is 5.11 Å². The average Bonchev–Trinajstić information content (AvgIpc) is 2.98. The number of allylic oxidation sites excluding steroid dienone is 6.